The zero-order valence-electron chi connectivity index (χ0n) is 14.2. The molecular weight excluding hydrogens is 302 g/mol. The van der Waals surface area contributed by atoms with Crippen molar-refractivity contribution in [3.8, 4) is 11.5 Å². The van der Waals surface area contributed by atoms with Gasteiger partial charge in [0.1, 0.15) is 11.5 Å². The lowest BCUT2D eigenvalue weighted by Crippen LogP contribution is -2.37. The summed E-state index contributed by atoms with van der Waals surface area (Å²) in [4.78, 5) is 0. The molecule has 0 spiro atoms. The summed E-state index contributed by atoms with van der Waals surface area (Å²) in [6.45, 7) is 2.35. The molecule has 0 bridgehead atoms. The van der Waals surface area contributed by atoms with Crippen molar-refractivity contribution in [1.29, 1.82) is 0 Å². The van der Waals surface area contributed by atoms with Crippen LogP contribution in [0.15, 0.2) is 36.4 Å². The van der Waals surface area contributed by atoms with Gasteiger partial charge in [-0.05, 0) is 72.7 Å². The normalized spacial score (nSPS) is 18.0. The second-order valence-corrected chi connectivity index (χ2v) is 6.54. The van der Waals surface area contributed by atoms with E-state index in [2.05, 4.69) is 17.4 Å². The molecule has 2 aromatic carbocycles. The average molecular weight is 327 g/mol. The first kappa shape index (κ1) is 16.8. The van der Waals surface area contributed by atoms with Gasteiger partial charge < -0.3 is 20.3 Å². The van der Waals surface area contributed by atoms with Crippen molar-refractivity contribution in [2.45, 2.75) is 38.3 Å². The van der Waals surface area contributed by atoms with Crippen molar-refractivity contribution in [2.24, 2.45) is 0 Å². The third-order valence-electron chi connectivity index (χ3n) is 4.85. The third-order valence-corrected chi connectivity index (χ3v) is 4.85. The van der Waals surface area contributed by atoms with E-state index >= 15 is 0 Å². The molecule has 3 N–H and O–H groups in total. The van der Waals surface area contributed by atoms with Gasteiger partial charge >= 0.3 is 0 Å². The molecule has 1 aliphatic rings. The van der Waals surface area contributed by atoms with Gasteiger partial charge in [-0.15, -0.1) is 0 Å². The van der Waals surface area contributed by atoms with E-state index in [1.165, 1.54) is 11.1 Å². The molecular formula is C20H25NO3. The van der Waals surface area contributed by atoms with Crippen molar-refractivity contribution >= 4 is 0 Å². The van der Waals surface area contributed by atoms with Gasteiger partial charge in [-0.1, -0.05) is 12.1 Å². The molecule has 2 unspecified atom stereocenters. The summed E-state index contributed by atoms with van der Waals surface area (Å²) in [6.07, 6.45) is 2.50. The largest absolute Gasteiger partial charge is 0.508 e. The highest BCUT2D eigenvalue weighted by atomic mass is 16.5. The number of phenolic OH excluding ortho intramolecular Hbond substituents is 1. The van der Waals surface area contributed by atoms with E-state index in [-0.39, 0.29) is 5.75 Å². The maximum atomic E-state index is 10.4. The highest BCUT2D eigenvalue weighted by molar-refractivity contribution is 5.38. The van der Waals surface area contributed by atoms with Gasteiger partial charge in [0, 0.05) is 12.6 Å². The minimum Gasteiger partial charge on any atom is -0.508 e. The SMILES string of the molecule is COc1ccc2c(c1)CC(NCC(O)c1ccc(O)c(C)c1)CC2. The molecule has 0 aliphatic heterocycles. The molecule has 0 fully saturated rings. The summed E-state index contributed by atoms with van der Waals surface area (Å²) in [5.74, 6) is 1.16. The summed E-state index contributed by atoms with van der Waals surface area (Å²) in [6, 6.07) is 11.9. The van der Waals surface area contributed by atoms with Crippen LogP contribution in [0.3, 0.4) is 0 Å². The predicted octanol–water partition coefficient (Wildman–Crippen LogP) is 2.89. The van der Waals surface area contributed by atoms with Crippen LogP contribution in [0.1, 0.15) is 34.8 Å². The Morgan fingerprint density at radius 2 is 2.04 bits per heavy atom. The molecule has 2 aromatic rings. The van der Waals surface area contributed by atoms with Gasteiger partial charge in [0.25, 0.3) is 0 Å². The second kappa shape index (κ2) is 7.24. The number of aromatic hydroxyl groups is 1. The minimum atomic E-state index is -0.573. The smallest absolute Gasteiger partial charge is 0.119 e. The summed E-state index contributed by atoms with van der Waals surface area (Å²) >= 11 is 0. The monoisotopic (exact) mass is 327 g/mol. The van der Waals surface area contributed by atoms with Crippen molar-refractivity contribution in [1.82, 2.24) is 5.32 Å². The summed E-state index contributed by atoms with van der Waals surface area (Å²) in [5, 5.41) is 23.4. The standard InChI is InChI=1S/C20H25NO3/c1-13-9-15(5-8-19(13)22)20(23)12-21-17-6-3-14-4-7-18(24-2)11-16(14)10-17/h4-5,7-9,11,17,20-23H,3,6,10,12H2,1-2H3. The maximum absolute atomic E-state index is 10.4. The van der Waals surface area contributed by atoms with E-state index in [1.54, 1.807) is 19.2 Å². The number of hydrogen-bond donors (Lipinski definition) is 3. The fraction of sp³-hybridized carbons (Fsp3) is 0.400. The van der Waals surface area contributed by atoms with Gasteiger partial charge in [-0.2, -0.15) is 0 Å². The lowest BCUT2D eigenvalue weighted by Gasteiger charge is -2.27. The van der Waals surface area contributed by atoms with Crippen molar-refractivity contribution in [2.75, 3.05) is 13.7 Å². The first-order valence-corrected chi connectivity index (χ1v) is 8.43. The van der Waals surface area contributed by atoms with Crippen LogP contribution < -0.4 is 10.1 Å². The molecule has 0 radical (unpaired) electrons. The summed E-state index contributed by atoms with van der Waals surface area (Å²) in [7, 11) is 1.69. The number of fused-ring (bicyclic) bond motifs is 1. The molecule has 2 atom stereocenters. The number of nitrogens with one attached hydrogen (secondary N) is 1. The number of hydrogen-bond acceptors (Lipinski definition) is 4. The van der Waals surface area contributed by atoms with Gasteiger partial charge in [-0.25, -0.2) is 0 Å². The van der Waals surface area contributed by atoms with Crippen molar-refractivity contribution in [3.63, 3.8) is 0 Å². The first-order chi connectivity index (χ1) is 11.6. The van der Waals surface area contributed by atoms with Crippen LogP contribution in [0.5, 0.6) is 11.5 Å². The Morgan fingerprint density at radius 3 is 2.79 bits per heavy atom. The Hall–Kier alpha value is -2.04. The maximum Gasteiger partial charge on any atom is 0.119 e. The van der Waals surface area contributed by atoms with E-state index < -0.39 is 6.10 Å². The van der Waals surface area contributed by atoms with E-state index in [4.69, 9.17) is 4.74 Å². The number of phenols is 1. The predicted molar refractivity (Wildman–Crippen MR) is 94.6 cm³/mol. The Morgan fingerprint density at radius 1 is 1.21 bits per heavy atom. The van der Waals surface area contributed by atoms with Gasteiger partial charge in [0.05, 0.1) is 13.2 Å². The quantitative estimate of drug-likeness (QED) is 0.790. The highest BCUT2D eigenvalue weighted by Gasteiger charge is 2.20. The second-order valence-electron chi connectivity index (χ2n) is 6.54. The Labute approximate surface area is 143 Å². The van der Waals surface area contributed by atoms with Crippen LogP contribution in [-0.2, 0) is 12.8 Å². The first-order valence-electron chi connectivity index (χ1n) is 8.43. The summed E-state index contributed by atoms with van der Waals surface area (Å²) < 4.78 is 5.31. The zero-order valence-corrected chi connectivity index (χ0v) is 14.2. The summed E-state index contributed by atoms with van der Waals surface area (Å²) in [5.41, 5.74) is 4.33. The Balaban J connectivity index is 1.59. The van der Waals surface area contributed by atoms with Crippen LogP contribution >= 0.6 is 0 Å². The zero-order chi connectivity index (χ0) is 17.1. The third kappa shape index (κ3) is 3.71. The van der Waals surface area contributed by atoms with Crippen LogP contribution in [0, 0.1) is 6.92 Å². The molecule has 0 aromatic heterocycles. The minimum absolute atomic E-state index is 0.261. The average Bonchev–Trinajstić information content (AvgIpc) is 2.61. The molecule has 1 aliphatic carbocycles. The number of aryl methyl sites for hydroxylation is 2. The highest BCUT2D eigenvalue weighted by Crippen LogP contribution is 2.26. The van der Waals surface area contributed by atoms with Crippen molar-refractivity contribution in [3.05, 3.63) is 58.7 Å². The number of ether oxygens (including phenoxy) is 1. The van der Waals surface area contributed by atoms with E-state index in [9.17, 15) is 10.2 Å². The number of methoxy groups -OCH3 is 1. The Bertz CT molecular complexity index is 714. The molecule has 0 amide bonds. The molecule has 4 nitrogen and oxygen atoms in total. The van der Waals surface area contributed by atoms with Crippen LogP contribution in [0.4, 0.5) is 0 Å². The van der Waals surface area contributed by atoms with E-state index in [1.807, 2.05) is 19.1 Å². The van der Waals surface area contributed by atoms with Gasteiger partial charge in [0.15, 0.2) is 0 Å². The topological polar surface area (TPSA) is 61.7 Å². The lowest BCUT2D eigenvalue weighted by atomic mass is 9.88. The molecule has 3 rings (SSSR count). The van der Waals surface area contributed by atoms with E-state index in [0.29, 0.717) is 12.6 Å². The molecule has 0 saturated carbocycles. The molecule has 0 heterocycles. The number of aliphatic hydroxyl groups excluding tert-OH is 1. The fourth-order valence-corrected chi connectivity index (χ4v) is 3.32. The van der Waals surface area contributed by atoms with Crippen LogP contribution in [-0.4, -0.2) is 29.9 Å². The van der Waals surface area contributed by atoms with Crippen LogP contribution in [0.25, 0.3) is 0 Å². The molecule has 24 heavy (non-hydrogen) atoms. The van der Waals surface area contributed by atoms with Crippen LogP contribution in [0.2, 0.25) is 0 Å². The lowest BCUT2D eigenvalue weighted by molar-refractivity contribution is 0.168. The molecule has 128 valence electrons. The van der Waals surface area contributed by atoms with Gasteiger partial charge in [0.2, 0.25) is 0 Å². The number of benzene rings is 2. The number of aliphatic hydroxyl groups is 1. The van der Waals surface area contributed by atoms with Gasteiger partial charge in [-0.3, -0.25) is 0 Å². The molecule has 0 saturated heterocycles. The Kier molecular flexibility index (Phi) is 5.07. The van der Waals surface area contributed by atoms with E-state index in [0.717, 1.165) is 36.1 Å². The fourth-order valence-electron chi connectivity index (χ4n) is 3.32. The van der Waals surface area contributed by atoms with Crippen molar-refractivity contribution < 1.29 is 14.9 Å². The number of rotatable bonds is 5. The molecule has 4 heteroatoms.